The van der Waals surface area contributed by atoms with Gasteiger partial charge < -0.3 is 10.0 Å². The van der Waals surface area contributed by atoms with Crippen LogP contribution in [0.1, 0.15) is 11.4 Å². The van der Waals surface area contributed by atoms with Crippen molar-refractivity contribution in [1.29, 1.82) is 0 Å². The van der Waals surface area contributed by atoms with E-state index in [1.54, 1.807) is 0 Å². The van der Waals surface area contributed by atoms with Crippen LogP contribution in [0.4, 0.5) is 23.1 Å². The largest absolute Gasteiger partial charge is 0.445 e. The Morgan fingerprint density at radius 3 is 2.72 bits per heavy atom. The average molecular weight is 282 g/mol. The number of hydrogen-bond acceptors (Lipinski definition) is 5. The molecule has 10 heteroatoms. The number of aromatic nitrogens is 2. The molecule has 1 aliphatic heterocycles. The Morgan fingerprint density at radius 1 is 1.50 bits per heavy atom. The lowest BCUT2D eigenvalue weighted by atomic mass is 10.3. The van der Waals surface area contributed by atoms with Gasteiger partial charge in [-0.1, -0.05) is 11.3 Å². The minimum atomic E-state index is -4.56. The summed E-state index contributed by atoms with van der Waals surface area (Å²) in [7, 11) is 0. The molecular weight excluding hydrogens is 273 g/mol. The molecule has 2 heterocycles. The summed E-state index contributed by atoms with van der Waals surface area (Å²) in [5, 5.41) is 16.3. The summed E-state index contributed by atoms with van der Waals surface area (Å²) in [6.45, 7) is 0.523. The van der Waals surface area contributed by atoms with Gasteiger partial charge in [0.05, 0.1) is 6.10 Å². The monoisotopic (exact) mass is 282 g/mol. The van der Waals surface area contributed by atoms with E-state index < -0.39 is 23.3 Å². The second-order valence-corrected chi connectivity index (χ2v) is 4.71. The molecule has 0 radical (unpaired) electrons. The standard InChI is InChI=1S/C8H9F3N4O2S/c9-8(10,11)5-13-14-6(18-5)12-7(17)15-2-1-4(16)3-15/h4,16H,1-3H2,(H,12,14,17)/t4-/m0/s1. The lowest BCUT2D eigenvalue weighted by Gasteiger charge is -2.14. The molecule has 1 atom stereocenters. The lowest BCUT2D eigenvalue weighted by molar-refractivity contribution is -0.138. The summed E-state index contributed by atoms with van der Waals surface area (Å²) >= 11 is 0.259. The maximum atomic E-state index is 12.2. The SMILES string of the molecule is O=C(Nc1nnc(C(F)(F)F)s1)N1CC[C@H](O)C1. The molecule has 18 heavy (non-hydrogen) atoms. The van der Waals surface area contributed by atoms with Crippen LogP contribution in [-0.2, 0) is 6.18 Å². The number of aliphatic hydroxyl groups is 1. The first kappa shape index (κ1) is 13.0. The molecule has 0 bridgehead atoms. The molecule has 2 rings (SSSR count). The minimum Gasteiger partial charge on any atom is -0.391 e. The van der Waals surface area contributed by atoms with Gasteiger partial charge in [0.1, 0.15) is 0 Å². The zero-order valence-electron chi connectivity index (χ0n) is 8.94. The topological polar surface area (TPSA) is 78.4 Å². The maximum absolute atomic E-state index is 12.2. The number of halogens is 3. The molecule has 1 aromatic heterocycles. The third-order valence-corrected chi connectivity index (χ3v) is 3.22. The van der Waals surface area contributed by atoms with E-state index in [1.165, 1.54) is 4.90 Å². The van der Waals surface area contributed by atoms with Crippen molar-refractivity contribution in [3.63, 3.8) is 0 Å². The van der Waals surface area contributed by atoms with Gasteiger partial charge in [-0.2, -0.15) is 13.2 Å². The number of aliphatic hydroxyl groups excluding tert-OH is 1. The van der Waals surface area contributed by atoms with Crippen molar-refractivity contribution in [3.8, 4) is 0 Å². The fraction of sp³-hybridized carbons (Fsp3) is 0.625. The van der Waals surface area contributed by atoms with E-state index in [2.05, 4.69) is 15.5 Å². The zero-order valence-corrected chi connectivity index (χ0v) is 9.75. The van der Waals surface area contributed by atoms with Gasteiger partial charge in [-0.25, -0.2) is 4.79 Å². The number of rotatable bonds is 1. The predicted octanol–water partition coefficient (Wildman–Crippen LogP) is 1.16. The molecule has 0 unspecified atom stereocenters. The molecule has 2 N–H and O–H groups in total. The Hall–Kier alpha value is -1.42. The summed E-state index contributed by atoms with van der Waals surface area (Å²) in [4.78, 5) is 12.9. The summed E-state index contributed by atoms with van der Waals surface area (Å²) < 4.78 is 36.7. The summed E-state index contributed by atoms with van der Waals surface area (Å²) in [5.41, 5.74) is 0. The van der Waals surface area contributed by atoms with Gasteiger partial charge in [0.15, 0.2) is 0 Å². The number of carbonyl (C=O) groups excluding carboxylic acids is 1. The second-order valence-electron chi connectivity index (χ2n) is 3.73. The van der Waals surface area contributed by atoms with Crippen molar-refractivity contribution in [2.45, 2.75) is 18.7 Å². The van der Waals surface area contributed by atoms with Crippen LogP contribution in [-0.4, -0.2) is 45.4 Å². The van der Waals surface area contributed by atoms with E-state index >= 15 is 0 Å². The van der Waals surface area contributed by atoms with Crippen molar-refractivity contribution >= 4 is 22.5 Å². The van der Waals surface area contributed by atoms with Crippen molar-refractivity contribution in [1.82, 2.24) is 15.1 Å². The molecular formula is C8H9F3N4O2S. The molecule has 0 aromatic carbocycles. The molecule has 1 aromatic rings. The molecule has 1 aliphatic rings. The number of carbonyl (C=O) groups is 1. The highest BCUT2D eigenvalue weighted by Crippen LogP contribution is 2.33. The molecule has 0 spiro atoms. The number of urea groups is 1. The second kappa shape index (κ2) is 4.69. The van der Waals surface area contributed by atoms with Gasteiger partial charge in [0.25, 0.3) is 0 Å². The van der Waals surface area contributed by atoms with Gasteiger partial charge in [-0.15, -0.1) is 10.2 Å². The number of anilines is 1. The number of nitrogens with one attached hydrogen (secondary N) is 1. The third-order valence-electron chi connectivity index (χ3n) is 2.33. The first-order valence-corrected chi connectivity index (χ1v) is 5.82. The fourth-order valence-corrected chi connectivity index (χ4v) is 2.09. The highest BCUT2D eigenvalue weighted by atomic mass is 32.1. The Bertz CT molecular complexity index is 450. The Labute approximate surface area is 103 Å². The number of likely N-dealkylation sites (tertiary alicyclic amines) is 1. The Kier molecular flexibility index (Phi) is 3.39. The Morgan fingerprint density at radius 2 is 2.22 bits per heavy atom. The first-order valence-electron chi connectivity index (χ1n) is 5.01. The van der Waals surface area contributed by atoms with Crippen LogP contribution in [0.25, 0.3) is 0 Å². The predicted molar refractivity (Wildman–Crippen MR) is 56.1 cm³/mol. The number of amides is 2. The average Bonchev–Trinajstić information content (AvgIpc) is 2.85. The quantitative estimate of drug-likeness (QED) is 0.810. The van der Waals surface area contributed by atoms with E-state index in [0.717, 1.165) is 0 Å². The zero-order chi connectivity index (χ0) is 13.3. The molecule has 0 aliphatic carbocycles. The fourth-order valence-electron chi connectivity index (χ4n) is 1.49. The van der Waals surface area contributed by atoms with Crippen molar-refractivity contribution in [2.24, 2.45) is 0 Å². The van der Waals surface area contributed by atoms with Crippen LogP contribution in [0.3, 0.4) is 0 Å². The lowest BCUT2D eigenvalue weighted by Crippen LogP contribution is -2.33. The van der Waals surface area contributed by atoms with E-state index in [9.17, 15) is 23.1 Å². The maximum Gasteiger partial charge on any atom is 0.445 e. The molecule has 100 valence electrons. The van der Waals surface area contributed by atoms with Crippen molar-refractivity contribution in [2.75, 3.05) is 18.4 Å². The summed E-state index contributed by atoms with van der Waals surface area (Å²) in [6, 6.07) is -0.587. The van der Waals surface area contributed by atoms with Gasteiger partial charge in [-0.3, -0.25) is 5.32 Å². The van der Waals surface area contributed by atoms with E-state index in [1.807, 2.05) is 0 Å². The highest BCUT2D eigenvalue weighted by Gasteiger charge is 2.36. The number of β-amino-alcohol motifs (C(OH)–C–C–N with tert-alkyl or cyclic N) is 1. The van der Waals surface area contributed by atoms with E-state index in [4.69, 9.17) is 0 Å². The van der Waals surface area contributed by atoms with Crippen LogP contribution in [0.5, 0.6) is 0 Å². The van der Waals surface area contributed by atoms with Gasteiger partial charge in [-0.05, 0) is 6.42 Å². The molecule has 2 amide bonds. The van der Waals surface area contributed by atoms with Crippen molar-refractivity contribution in [3.05, 3.63) is 5.01 Å². The Balaban J connectivity index is 1.97. The van der Waals surface area contributed by atoms with Gasteiger partial charge >= 0.3 is 12.2 Å². The van der Waals surface area contributed by atoms with Gasteiger partial charge in [0, 0.05) is 13.1 Å². The van der Waals surface area contributed by atoms with Crippen LogP contribution in [0.15, 0.2) is 0 Å². The molecule has 1 saturated heterocycles. The first-order chi connectivity index (χ1) is 8.36. The molecule has 0 saturated carbocycles. The van der Waals surface area contributed by atoms with E-state index in [0.29, 0.717) is 13.0 Å². The smallest absolute Gasteiger partial charge is 0.391 e. The number of alkyl halides is 3. The van der Waals surface area contributed by atoms with Crippen LogP contribution >= 0.6 is 11.3 Å². The number of hydrogen-bond donors (Lipinski definition) is 2. The summed E-state index contributed by atoms with van der Waals surface area (Å²) in [6.07, 6.45) is -4.70. The number of nitrogens with zero attached hydrogens (tertiary/aromatic N) is 3. The van der Waals surface area contributed by atoms with Crippen LogP contribution < -0.4 is 5.32 Å². The molecule has 6 nitrogen and oxygen atoms in total. The highest BCUT2D eigenvalue weighted by molar-refractivity contribution is 7.15. The van der Waals surface area contributed by atoms with E-state index in [-0.39, 0.29) is 23.0 Å². The summed E-state index contributed by atoms with van der Waals surface area (Å²) in [5.74, 6) is 0. The third kappa shape index (κ3) is 2.88. The normalized spacial score (nSPS) is 20.2. The van der Waals surface area contributed by atoms with Crippen LogP contribution in [0.2, 0.25) is 0 Å². The van der Waals surface area contributed by atoms with Crippen LogP contribution in [0, 0.1) is 0 Å². The van der Waals surface area contributed by atoms with Crippen molar-refractivity contribution < 1.29 is 23.1 Å². The molecule has 1 fully saturated rings. The van der Waals surface area contributed by atoms with Gasteiger partial charge in [0.2, 0.25) is 10.1 Å². The minimum absolute atomic E-state index is 0.163.